The number of hydrogen-bond donors (Lipinski definition) is 0. The molecular weight excluding hydrogens is 482 g/mol. The first-order valence-corrected chi connectivity index (χ1v) is 10.4. The number of halogens is 2. The van der Waals surface area contributed by atoms with Crippen molar-refractivity contribution in [2.45, 2.75) is 6.92 Å². The second-order valence-electron chi connectivity index (χ2n) is 6.77. The van der Waals surface area contributed by atoms with Crippen LogP contribution in [0.3, 0.4) is 0 Å². The molecule has 3 aromatic rings. The van der Waals surface area contributed by atoms with Gasteiger partial charge >= 0.3 is 11.9 Å². The van der Waals surface area contributed by atoms with E-state index in [1.165, 1.54) is 0 Å². The van der Waals surface area contributed by atoms with Crippen LogP contribution in [0.1, 0.15) is 27.0 Å². The van der Waals surface area contributed by atoms with Crippen LogP contribution >= 0.6 is 27.5 Å². The molecule has 0 bridgehead atoms. The highest BCUT2D eigenvalue weighted by Gasteiger charge is 2.24. The molecule has 0 aliphatic carbocycles. The number of aliphatic imine (C=N–C) groups is 1. The summed E-state index contributed by atoms with van der Waals surface area (Å²) >= 11 is 9.47. The summed E-state index contributed by atoms with van der Waals surface area (Å²) in [5.41, 5.74) is 2.88. The Morgan fingerprint density at radius 1 is 1.06 bits per heavy atom. The van der Waals surface area contributed by atoms with Crippen LogP contribution in [0.5, 0.6) is 5.75 Å². The van der Waals surface area contributed by atoms with E-state index in [0.717, 1.165) is 10.0 Å². The zero-order valence-corrected chi connectivity index (χ0v) is 18.6. The van der Waals surface area contributed by atoms with Crippen molar-refractivity contribution in [3.63, 3.8) is 0 Å². The van der Waals surface area contributed by atoms with Crippen LogP contribution in [-0.4, -0.2) is 17.8 Å². The lowest BCUT2D eigenvalue weighted by Crippen LogP contribution is -2.08. The zero-order valence-electron chi connectivity index (χ0n) is 16.3. The Kier molecular flexibility index (Phi) is 6.02. The number of benzene rings is 3. The summed E-state index contributed by atoms with van der Waals surface area (Å²) in [6.45, 7) is 1.89. The number of carbonyl (C=O) groups is 2. The summed E-state index contributed by atoms with van der Waals surface area (Å²) in [5.74, 6) is -0.401. The smallest absolute Gasteiger partial charge is 0.363 e. The quantitative estimate of drug-likeness (QED) is 0.253. The van der Waals surface area contributed by atoms with Gasteiger partial charge in [0.25, 0.3) is 0 Å². The average molecular weight is 497 g/mol. The fourth-order valence-corrected chi connectivity index (χ4v) is 3.25. The minimum atomic E-state index is -0.544. The first-order chi connectivity index (χ1) is 14.9. The number of carbonyl (C=O) groups excluding carboxylic acids is 2. The maximum atomic E-state index is 12.2. The lowest BCUT2D eigenvalue weighted by molar-refractivity contribution is -0.129. The molecule has 1 aliphatic heterocycles. The Morgan fingerprint density at radius 3 is 2.45 bits per heavy atom. The Balaban J connectivity index is 1.49. The molecule has 0 aromatic heterocycles. The SMILES string of the molecule is Cc1ccc(C2=N/C(=C\c3ccc(OC(=O)c4ccc(Br)cc4)cc3)C(=O)O2)cc1Cl. The Hall–Kier alpha value is -3.22. The normalized spacial score (nSPS) is 14.4. The molecule has 7 heteroatoms. The molecule has 4 rings (SSSR count). The van der Waals surface area contributed by atoms with Gasteiger partial charge in [0.05, 0.1) is 5.56 Å². The Labute approximate surface area is 192 Å². The van der Waals surface area contributed by atoms with E-state index in [0.29, 0.717) is 27.5 Å². The van der Waals surface area contributed by atoms with E-state index >= 15 is 0 Å². The predicted molar refractivity (Wildman–Crippen MR) is 122 cm³/mol. The number of hydrogen-bond acceptors (Lipinski definition) is 5. The van der Waals surface area contributed by atoms with Gasteiger partial charge in [-0.1, -0.05) is 45.7 Å². The van der Waals surface area contributed by atoms with Crippen LogP contribution < -0.4 is 4.74 Å². The summed E-state index contributed by atoms with van der Waals surface area (Å²) in [6, 6.07) is 19.0. The summed E-state index contributed by atoms with van der Waals surface area (Å²) in [7, 11) is 0. The van der Waals surface area contributed by atoms with E-state index in [9.17, 15) is 9.59 Å². The molecule has 0 radical (unpaired) electrons. The van der Waals surface area contributed by atoms with Gasteiger partial charge in [-0.25, -0.2) is 14.6 Å². The molecule has 0 fully saturated rings. The van der Waals surface area contributed by atoms with Gasteiger partial charge in [0.15, 0.2) is 5.70 Å². The van der Waals surface area contributed by atoms with Crippen molar-refractivity contribution in [3.8, 4) is 5.75 Å². The summed E-state index contributed by atoms with van der Waals surface area (Å²) in [4.78, 5) is 28.7. The molecule has 0 atom stereocenters. The second kappa shape index (κ2) is 8.88. The Morgan fingerprint density at radius 2 is 1.77 bits per heavy atom. The third-order valence-electron chi connectivity index (χ3n) is 4.51. The van der Waals surface area contributed by atoms with Crippen molar-refractivity contribution in [2.24, 2.45) is 4.99 Å². The van der Waals surface area contributed by atoms with Crippen LogP contribution in [0.4, 0.5) is 0 Å². The maximum Gasteiger partial charge on any atom is 0.363 e. The molecule has 1 heterocycles. The van der Waals surface area contributed by atoms with Crippen molar-refractivity contribution in [1.29, 1.82) is 0 Å². The molecule has 0 saturated heterocycles. The van der Waals surface area contributed by atoms with E-state index in [1.54, 1.807) is 66.7 Å². The minimum Gasteiger partial charge on any atom is -0.423 e. The van der Waals surface area contributed by atoms with Crippen LogP contribution in [0.25, 0.3) is 6.08 Å². The molecule has 0 saturated carbocycles. The fraction of sp³-hybridized carbons (Fsp3) is 0.0417. The van der Waals surface area contributed by atoms with Gasteiger partial charge in [-0.15, -0.1) is 0 Å². The van der Waals surface area contributed by atoms with E-state index < -0.39 is 11.9 Å². The van der Waals surface area contributed by atoms with Crippen molar-refractivity contribution < 1.29 is 19.1 Å². The maximum absolute atomic E-state index is 12.2. The van der Waals surface area contributed by atoms with Crippen molar-refractivity contribution in [1.82, 2.24) is 0 Å². The zero-order chi connectivity index (χ0) is 22.0. The molecule has 0 amide bonds. The van der Waals surface area contributed by atoms with Crippen LogP contribution in [-0.2, 0) is 9.53 Å². The number of aryl methyl sites for hydroxylation is 1. The minimum absolute atomic E-state index is 0.173. The number of esters is 2. The van der Waals surface area contributed by atoms with Crippen LogP contribution in [0, 0.1) is 6.92 Å². The topological polar surface area (TPSA) is 65.0 Å². The van der Waals surface area contributed by atoms with E-state index in [-0.39, 0.29) is 11.6 Å². The number of ether oxygens (including phenoxy) is 2. The molecule has 31 heavy (non-hydrogen) atoms. The molecule has 0 N–H and O–H groups in total. The summed E-state index contributed by atoms with van der Waals surface area (Å²) < 4.78 is 11.5. The fourth-order valence-electron chi connectivity index (χ4n) is 2.80. The number of nitrogens with zero attached hydrogens (tertiary/aromatic N) is 1. The van der Waals surface area contributed by atoms with Crippen molar-refractivity contribution in [3.05, 3.63) is 104 Å². The molecule has 0 unspecified atom stereocenters. The highest BCUT2D eigenvalue weighted by atomic mass is 79.9. The number of rotatable bonds is 4. The molecule has 5 nitrogen and oxygen atoms in total. The predicted octanol–water partition coefficient (Wildman–Crippen LogP) is 5.97. The largest absolute Gasteiger partial charge is 0.423 e. The first-order valence-electron chi connectivity index (χ1n) is 9.26. The van der Waals surface area contributed by atoms with E-state index in [4.69, 9.17) is 21.1 Å². The lowest BCUT2D eigenvalue weighted by atomic mass is 10.1. The summed E-state index contributed by atoms with van der Waals surface area (Å²) in [6.07, 6.45) is 1.60. The molecule has 1 aliphatic rings. The van der Waals surface area contributed by atoms with E-state index in [2.05, 4.69) is 20.9 Å². The third kappa shape index (κ3) is 4.93. The molecule has 0 spiro atoms. The Bertz CT molecular complexity index is 1230. The standard InChI is InChI=1S/C24H15BrClNO4/c1-14-2-5-17(13-20(14)26)22-27-21(24(29)31-22)12-15-3-10-19(11-4-15)30-23(28)16-6-8-18(25)9-7-16/h2-13H,1H3/b21-12-. The monoisotopic (exact) mass is 495 g/mol. The van der Waals surface area contributed by atoms with Gasteiger partial charge < -0.3 is 9.47 Å². The lowest BCUT2D eigenvalue weighted by Gasteiger charge is -2.05. The third-order valence-corrected chi connectivity index (χ3v) is 5.45. The van der Waals surface area contributed by atoms with Crippen molar-refractivity contribution in [2.75, 3.05) is 0 Å². The number of cyclic esters (lactones) is 1. The van der Waals surface area contributed by atoms with Gasteiger partial charge in [0, 0.05) is 15.1 Å². The highest BCUT2D eigenvalue weighted by molar-refractivity contribution is 9.10. The second-order valence-corrected chi connectivity index (χ2v) is 8.09. The molecule has 3 aromatic carbocycles. The van der Waals surface area contributed by atoms with E-state index in [1.807, 2.05) is 13.0 Å². The van der Waals surface area contributed by atoms with Crippen LogP contribution in [0.2, 0.25) is 5.02 Å². The first kappa shape index (κ1) is 21.0. The van der Waals surface area contributed by atoms with Gasteiger partial charge in [-0.2, -0.15) is 0 Å². The van der Waals surface area contributed by atoms with Crippen LogP contribution in [0.15, 0.2) is 81.9 Å². The van der Waals surface area contributed by atoms with Gasteiger partial charge in [0.1, 0.15) is 5.75 Å². The molecular formula is C24H15BrClNO4. The van der Waals surface area contributed by atoms with Gasteiger partial charge in [0.2, 0.25) is 5.90 Å². The van der Waals surface area contributed by atoms with Gasteiger partial charge in [-0.05, 0) is 72.7 Å². The van der Waals surface area contributed by atoms with Gasteiger partial charge in [-0.3, -0.25) is 0 Å². The van der Waals surface area contributed by atoms with Crippen molar-refractivity contribution >= 4 is 51.4 Å². The molecule has 154 valence electrons. The highest BCUT2D eigenvalue weighted by Crippen LogP contribution is 2.24. The summed E-state index contributed by atoms with van der Waals surface area (Å²) in [5, 5.41) is 0.571. The average Bonchev–Trinajstić information content (AvgIpc) is 3.12.